The molecule has 0 spiro atoms. The van der Waals surface area contributed by atoms with Crippen LogP contribution in [0, 0.1) is 0 Å². The Kier molecular flexibility index (Phi) is 4.65. The molecule has 156 valence electrons. The summed E-state index contributed by atoms with van der Waals surface area (Å²) in [7, 11) is 0. The lowest BCUT2D eigenvalue weighted by Crippen LogP contribution is -2.26. The summed E-state index contributed by atoms with van der Waals surface area (Å²) < 4.78 is 13.8. The number of ether oxygens (including phenoxy) is 2. The first-order chi connectivity index (χ1) is 15.3. The lowest BCUT2D eigenvalue weighted by Gasteiger charge is -2.22. The van der Waals surface area contributed by atoms with E-state index in [4.69, 9.17) is 19.4 Å². The van der Waals surface area contributed by atoms with Crippen molar-refractivity contribution in [2.24, 2.45) is 0 Å². The summed E-state index contributed by atoms with van der Waals surface area (Å²) in [6.45, 7) is 1.50. The maximum atomic E-state index is 6.10. The van der Waals surface area contributed by atoms with Gasteiger partial charge in [0.2, 0.25) is 5.88 Å². The van der Waals surface area contributed by atoms with Crippen LogP contribution in [0.4, 0.5) is 0 Å². The Morgan fingerprint density at radius 1 is 0.935 bits per heavy atom. The zero-order valence-corrected chi connectivity index (χ0v) is 17.3. The van der Waals surface area contributed by atoms with E-state index in [2.05, 4.69) is 45.9 Å². The smallest absolute Gasteiger partial charge is 0.214 e. The van der Waals surface area contributed by atoms with E-state index in [1.165, 1.54) is 5.56 Å². The number of hydrogen-bond donors (Lipinski definition) is 0. The number of rotatable bonds is 4. The van der Waals surface area contributed by atoms with Crippen molar-refractivity contribution >= 4 is 11.2 Å². The highest BCUT2D eigenvalue weighted by atomic mass is 16.5. The van der Waals surface area contributed by atoms with Crippen LogP contribution < -0.4 is 4.74 Å². The molecule has 0 amide bonds. The maximum absolute atomic E-state index is 6.10. The molecular weight excluding hydrogens is 388 g/mol. The van der Waals surface area contributed by atoms with Crippen molar-refractivity contribution in [2.45, 2.75) is 37.8 Å². The van der Waals surface area contributed by atoms with Crippen molar-refractivity contribution in [1.82, 2.24) is 19.5 Å². The van der Waals surface area contributed by atoms with E-state index in [1.807, 2.05) is 18.2 Å². The molecule has 6 heteroatoms. The van der Waals surface area contributed by atoms with Crippen LogP contribution in [0.15, 0.2) is 60.8 Å². The van der Waals surface area contributed by atoms with E-state index in [-0.39, 0.29) is 12.1 Å². The molecule has 1 atom stereocenters. The van der Waals surface area contributed by atoms with Crippen LogP contribution >= 0.6 is 0 Å². The quantitative estimate of drug-likeness (QED) is 0.491. The zero-order valence-electron chi connectivity index (χ0n) is 17.3. The van der Waals surface area contributed by atoms with Crippen molar-refractivity contribution < 1.29 is 9.47 Å². The highest BCUT2D eigenvalue weighted by Crippen LogP contribution is 2.35. The summed E-state index contributed by atoms with van der Waals surface area (Å²) in [5.41, 5.74) is 5.12. The minimum atomic E-state index is 0.164. The second-order valence-corrected chi connectivity index (χ2v) is 8.21. The lowest BCUT2D eigenvalue weighted by atomic mass is 10.0. The predicted molar refractivity (Wildman–Crippen MR) is 118 cm³/mol. The van der Waals surface area contributed by atoms with Gasteiger partial charge in [0, 0.05) is 37.1 Å². The first-order valence-electron chi connectivity index (χ1n) is 11.0. The molecule has 1 aromatic carbocycles. The second-order valence-electron chi connectivity index (χ2n) is 8.21. The molecular formula is C25H24N4O2. The summed E-state index contributed by atoms with van der Waals surface area (Å²) in [6.07, 6.45) is 5.80. The van der Waals surface area contributed by atoms with Gasteiger partial charge < -0.3 is 14.0 Å². The van der Waals surface area contributed by atoms with E-state index in [9.17, 15) is 0 Å². The molecule has 2 aliphatic heterocycles. The van der Waals surface area contributed by atoms with Gasteiger partial charge in [-0.25, -0.2) is 15.0 Å². The Balaban J connectivity index is 1.35. The molecule has 0 N–H and O–H groups in total. The minimum absolute atomic E-state index is 0.164. The van der Waals surface area contributed by atoms with E-state index >= 15 is 0 Å². The third-order valence-corrected chi connectivity index (χ3v) is 6.23. The van der Waals surface area contributed by atoms with Gasteiger partial charge in [0.25, 0.3) is 0 Å². The van der Waals surface area contributed by atoms with E-state index in [1.54, 1.807) is 6.20 Å². The van der Waals surface area contributed by atoms with Crippen molar-refractivity contribution in [3.05, 3.63) is 72.2 Å². The summed E-state index contributed by atoms with van der Waals surface area (Å²) in [4.78, 5) is 14.3. The van der Waals surface area contributed by atoms with Gasteiger partial charge in [0.15, 0.2) is 5.65 Å². The Morgan fingerprint density at radius 2 is 1.81 bits per heavy atom. The Hall–Kier alpha value is -3.25. The summed E-state index contributed by atoms with van der Waals surface area (Å²) in [5.74, 6) is 1.76. The van der Waals surface area contributed by atoms with Crippen molar-refractivity contribution in [1.29, 1.82) is 0 Å². The number of aromatic nitrogens is 4. The molecule has 1 saturated heterocycles. The molecule has 0 saturated carbocycles. The van der Waals surface area contributed by atoms with Crippen molar-refractivity contribution in [2.75, 3.05) is 13.2 Å². The molecule has 5 heterocycles. The van der Waals surface area contributed by atoms with Crippen molar-refractivity contribution in [3.63, 3.8) is 0 Å². The number of aryl methyl sites for hydroxylation is 1. The van der Waals surface area contributed by atoms with Gasteiger partial charge >= 0.3 is 0 Å². The number of pyridine rings is 2. The topological polar surface area (TPSA) is 62.1 Å². The lowest BCUT2D eigenvalue weighted by molar-refractivity contribution is 0.0237. The van der Waals surface area contributed by atoms with E-state index in [0.29, 0.717) is 5.88 Å². The third kappa shape index (κ3) is 3.47. The minimum Gasteiger partial charge on any atom is -0.474 e. The summed E-state index contributed by atoms with van der Waals surface area (Å²) in [5, 5.41) is 0. The molecule has 0 radical (unpaired) electrons. The first-order valence-corrected chi connectivity index (χ1v) is 11.0. The molecule has 3 aromatic heterocycles. The van der Waals surface area contributed by atoms with Crippen LogP contribution in [0.25, 0.3) is 22.4 Å². The van der Waals surface area contributed by atoms with Gasteiger partial charge in [0.05, 0.1) is 24.9 Å². The standard InChI is InChI=1S/C25H24N4O2/c1-2-4-17(5-3-1)22-8-9-23-27-21-7-6-20(28-25(21)29(22)23)18-10-13-26-24(16-18)31-19-11-14-30-15-12-19/h1-7,10,13,16,19,22H,8-9,11-12,14-15H2/t22-/m1/s1. The normalized spacial score (nSPS) is 18.9. The SMILES string of the molecule is c1ccc([C@H]2CCc3nc4ccc(-c5ccnc(OC6CCOCC6)c5)nc4n32)cc1. The molecule has 6 nitrogen and oxygen atoms in total. The first kappa shape index (κ1) is 18.5. The molecule has 2 aliphatic rings. The fourth-order valence-electron chi connectivity index (χ4n) is 4.67. The fourth-order valence-corrected chi connectivity index (χ4v) is 4.67. The molecule has 0 aliphatic carbocycles. The molecule has 4 aromatic rings. The van der Waals surface area contributed by atoms with Crippen LogP contribution in [0.5, 0.6) is 5.88 Å². The number of imidazole rings is 1. The van der Waals surface area contributed by atoms with Gasteiger partial charge in [0.1, 0.15) is 17.4 Å². The number of nitrogens with zero attached hydrogens (tertiary/aromatic N) is 4. The molecule has 0 unspecified atom stereocenters. The van der Waals surface area contributed by atoms with E-state index < -0.39 is 0 Å². The molecule has 6 rings (SSSR count). The van der Waals surface area contributed by atoms with Crippen LogP contribution in [0.3, 0.4) is 0 Å². The van der Waals surface area contributed by atoms with Gasteiger partial charge in [-0.15, -0.1) is 0 Å². The van der Waals surface area contributed by atoms with Gasteiger partial charge in [-0.05, 0) is 30.2 Å². The summed E-state index contributed by atoms with van der Waals surface area (Å²) >= 11 is 0. The number of hydrogen-bond acceptors (Lipinski definition) is 5. The van der Waals surface area contributed by atoms with Crippen LogP contribution in [0.2, 0.25) is 0 Å². The number of benzene rings is 1. The van der Waals surface area contributed by atoms with Gasteiger partial charge in [-0.1, -0.05) is 30.3 Å². The van der Waals surface area contributed by atoms with Crippen LogP contribution in [-0.4, -0.2) is 38.8 Å². The number of fused-ring (bicyclic) bond motifs is 3. The van der Waals surface area contributed by atoms with Crippen LogP contribution in [-0.2, 0) is 11.2 Å². The Morgan fingerprint density at radius 3 is 2.68 bits per heavy atom. The zero-order chi connectivity index (χ0) is 20.6. The maximum Gasteiger partial charge on any atom is 0.214 e. The monoisotopic (exact) mass is 412 g/mol. The fraction of sp³-hybridized carbons (Fsp3) is 0.320. The Bertz CT molecular complexity index is 1210. The average Bonchev–Trinajstić information content (AvgIpc) is 3.40. The largest absolute Gasteiger partial charge is 0.474 e. The predicted octanol–water partition coefficient (Wildman–Crippen LogP) is 4.59. The Labute approximate surface area is 180 Å². The molecule has 0 bridgehead atoms. The van der Waals surface area contributed by atoms with E-state index in [0.717, 1.165) is 67.1 Å². The summed E-state index contributed by atoms with van der Waals surface area (Å²) in [6, 6.07) is 19.0. The second kappa shape index (κ2) is 7.78. The average molecular weight is 412 g/mol. The molecule has 1 fully saturated rings. The highest BCUT2D eigenvalue weighted by molar-refractivity contribution is 5.77. The van der Waals surface area contributed by atoms with Gasteiger partial charge in [-0.2, -0.15) is 0 Å². The van der Waals surface area contributed by atoms with Crippen molar-refractivity contribution in [3.8, 4) is 17.1 Å². The molecule has 31 heavy (non-hydrogen) atoms. The third-order valence-electron chi connectivity index (χ3n) is 6.23. The van der Waals surface area contributed by atoms with Crippen LogP contribution in [0.1, 0.15) is 36.7 Å². The highest BCUT2D eigenvalue weighted by Gasteiger charge is 2.28. The van der Waals surface area contributed by atoms with Gasteiger partial charge in [-0.3, -0.25) is 0 Å².